The Morgan fingerprint density at radius 2 is 1.86 bits per heavy atom. The minimum Gasteiger partial charge on any atom is -0.211 e. The summed E-state index contributed by atoms with van der Waals surface area (Å²) in [6.45, 7) is 4.05. The maximum atomic E-state index is 12.1. The summed E-state index contributed by atoms with van der Waals surface area (Å²) in [5.41, 5.74) is 2.08. The first-order valence-electron chi connectivity index (χ1n) is 6.48. The van der Waals surface area contributed by atoms with E-state index in [2.05, 4.69) is 11.3 Å². The fourth-order valence-electron chi connectivity index (χ4n) is 1.90. The molecule has 0 bridgehead atoms. The van der Waals surface area contributed by atoms with Crippen LogP contribution in [-0.4, -0.2) is 15.0 Å². The van der Waals surface area contributed by atoms with E-state index >= 15 is 0 Å². The van der Waals surface area contributed by atoms with Crippen molar-refractivity contribution in [2.24, 2.45) is 0 Å². The third-order valence-corrected chi connectivity index (χ3v) is 4.75. The van der Waals surface area contributed by atoms with Gasteiger partial charge >= 0.3 is 0 Å². The van der Waals surface area contributed by atoms with E-state index in [1.165, 1.54) is 12.1 Å². The lowest BCUT2D eigenvalue weighted by atomic mass is 10.1. The zero-order valence-electron chi connectivity index (χ0n) is 11.4. The van der Waals surface area contributed by atoms with Crippen molar-refractivity contribution in [3.05, 3.63) is 71.3 Å². The third kappa shape index (κ3) is 4.43. The van der Waals surface area contributed by atoms with E-state index in [-0.39, 0.29) is 4.90 Å². The first-order chi connectivity index (χ1) is 10.0. The zero-order chi connectivity index (χ0) is 15.3. The van der Waals surface area contributed by atoms with E-state index in [4.69, 9.17) is 11.6 Å². The Morgan fingerprint density at radius 3 is 2.52 bits per heavy atom. The van der Waals surface area contributed by atoms with Crippen LogP contribution in [0.25, 0.3) is 6.08 Å². The zero-order valence-corrected chi connectivity index (χ0v) is 13.0. The van der Waals surface area contributed by atoms with Crippen LogP contribution in [0.5, 0.6) is 0 Å². The molecule has 0 heterocycles. The highest BCUT2D eigenvalue weighted by Crippen LogP contribution is 2.14. The van der Waals surface area contributed by atoms with Gasteiger partial charge < -0.3 is 0 Å². The molecule has 0 amide bonds. The molecule has 0 spiro atoms. The molecule has 0 aromatic heterocycles. The van der Waals surface area contributed by atoms with Crippen molar-refractivity contribution in [2.75, 3.05) is 6.54 Å². The van der Waals surface area contributed by atoms with Gasteiger partial charge in [-0.3, -0.25) is 0 Å². The van der Waals surface area contributed by atoms with Crippen molar-refractivity contribution >= 4 is 27.7 Å². The molecule has 21 heavy (non-hydrogen) atoms. The topological polar surface area (TPSA) is 46.2 Å². The van der Waals surface area contributed by atoms with Gasteiger partial charge in [-0.15, -0.1) is 0 Å². The van der Waals surface area contributed by atoms with Gasteiger partial charge in [0.05, 0.1) is 4.90 Å². The highest BCUT2D eigenvalue weighted by atomic mass is 35.5. The Labute approximate surface area is 130 Å². The number of hydrogen-bond donors (Lipinski definition) is 1. The molecule has 2 rings (SSSR count). The fraction of sp³-hybridized carbons (Fsp3) is 0.125. The van der Waals surface area contributed by atoms with Crippen LogP contribution in [0.1, 0.15) is 11.1 Å². The molecule has 0 aliphatic heterocycles. The summed E-state index contributed by atoms with van der Waals surface area (Å²) in [6.07, 6.45) is 2.38. The monoisotopic (exact) mass is 321 g/mol. The molecule has 0 saturated heterocycles. The smallest absolute Gasteiger partial charge is 0.211 e. The van der Waals surface area contributed by atoms with Gasteiger partial charge in [0.2, 0.25) is 10.0 Å². The molecule has 5 heteroatoms. The van der Waals surface area contributed by atoms with Gasteiger partial charge in [-0.1, -0.05) is 48.5 Å². The minimum atomic E-state index is -3.49. The summed E-state index contributed by atoms with van der Waals surface area (Å²) in [5, 5.41) is 0.509. The van der Waals surface area contributed by atoms with Gasteiger partial charge in [0.1, 0.15) is 0 Å². The van der Waals surface area contributed by atoms with Gasteiger partial charge in [0.25, 0.3) is 0 Å². The lowest BCUT2D eigenvalue weighted by Gasteiger charge is -2.07. The number of nitrogens with one attached hydrogen (secondary N) is 1. The minimum absolute atomic E-state index is 0.215. The molecule has 0 atom stereocenters. The van der Waals surface area contributed by atoms with Crippen molar-refractivity contribution in [3.8, 4) is 0 Å². The highest BCUT2D eigenvalue weighted by Gasteiger charge is 2.12. The Hall–Kier alpha value is -1.62. The van der Waals surface area contributed by atoms with E-state index in [0.29, 0.717) is 18.0 Å². The van der Waals surface area contributed by atoms with E-state index in [1.807, 2.05) is 24.3 Å². The maximum absolute atomic E-state index is 12.1. The van der Waals surface area contributed by atoms with Crippen molar-refractivity contribution in [2.45, 2.75) is 11.3 Å². The molecule has 0 unspecified atom stereocenters. The lowest BCUT2D eigenvalue weighted by molar-refractivity contribution is 0.581. The molecule has 0 saturated carbocycles. The first kappa shape index (κ1) is 15.8. The molecular weight excluding hydrogens is 306 g/mol. The number of sulfonamides is 1. The standard InChI is InChI=1S/C16H16ClNO2S/c1-2-13-4-3-5-14(12-13)10-11-18-21(19,20)16-8-6-15(17)7-9-16/h2-9,12,18H,1,10-11H2. The number of benzene rings is 2. The molecule has 2 aromatic carbocycles. The second-order valence-corrected chi connectivity index (χ2v) is 6.75. The summed E-state index contributed by atoms with van der Waals surface area (Å²) in [5.74, 6) is 0. The van der Waals surface area contributed by atoms with E-state index in [9.17, 15) is 8.42 Å². The lowest BCUT2D eigenvalue weighted by Crippen LogP contribution is -2.25. The average molecular weight is 322 g/mol. The largest absolute Gasteiger partial charge is 0.240 e. The SMILES string of the molecule is C=Cc1cccc(CCNS(=O)(=O)c2ccc(Cl)cc2)c1. The van der Waals surface area contributed by atoms with Crippen LogP contribution in [0.15, 0.2) is 60.0 Å². The van der Waals surface area contributed by atoms with Gasteiger partial charge in [-0.25, -0.2) is 13.1 Å². The maximum Gasteiger partial charge on any atom is 0.240 e. The summed E-state index contributed by atoms with van der Waals surface area (Å²) in [7, 11) is -3.49. The normalized spacial score (nSPS) is 11.3. The predicted octanol–water partition coefficient (Wildman–Crippen LogP) is 3.50. The summed E-state index contributed by atoms with van der Waals surface area (Å²) in [4.78, 5) is 0.215. The van der Waals surface area contributed by atoms with E-state index in [0.717, 1.165) is 11.1 Å². The molecular formula is C16H16ClNO2S. The number of hydrogen-bond acceptors (Lipinski definition) is 2. The molecule has 0 fully saturated rings. The Kier molecular flexibility index (Phi) is 5.17. The number of rotatable bonds is 6. The van der Waals surface area contributed by atoms with Crippen molar-refractivity contribution < 1.29 is 8.42 Å². The Bertz CT molecular complexity index is 724. The van der Waals surface area contributed by atoms with Crippen molar-refractivity contribution in [3.63, 3.8) is 0 Å². The third-order valence-electron chi connectivity index (χ3n) is 3.02. The van der Waals surface area contributed by atoms with Gasteiger partial charge in [-0.2, -0.15) is 0 Å². The van der Waals surface area contributed by atoms with E-state index < -0.39 is 10.0 Å². The van der Waals surface area contributed by atoms with Crippen LogP contribution in [0.4, 0.5) is 0 Å². The average Bonchev–Trinajstić information content (AvgIpc) is 2.48. The highest BCUT2D eigenvalue weighted by molar-refractivity contribution is 7.89. The van der Waals surface area contributed by atoms with Crippen molar-refractivity contribution in [1.29, 1.82) is 0 Å². The van der Waals surface area contributed by atoms with Crippen LogP contribution in [-0.2, 0) is 16.4 Å². The molecule has 0 radical (unpaired) electrons. The Morgan fingerprint density at radius 1 is 1.14 bits per heavy atom. The van der Waals surface area contributed by atoms with Crippen LogP contribution >= 0.6 is 11.6 Å². The molecule has 110 valence electrons. The first-order valence-corrected chi connectivity index (χ1v) is 8.34. The quantitative estimate of drug-likeness (QED) is 0.885. The predicted molar refractivity (Wildman–Crippen MR) is 86.9 cm³/mol. The van der Waals surface area contributed by atoms with Crippen LogP contribution in [0.2, 0.25) is 5.02 Å². The van der Waals surface area contributed by atoms with Crippen molar-refractivity contribution in [1.82, 2.24) is 4.72 Å². The number of halogens is 1. The van der Waals surface area contributed by atoms with Crippen LogP contribution in [0.3, 0.4) is 0 Å². The van der Waals surface area contributed by atoms with E-state index in [1.54, 1.807) is 18.2 Å². The summed E-state index contributed by atoms with van der Waals surface area (Å²) < 4.78 is 26.8. The second kappa shape index (κ2) is 6.89. The molecule has 1 N–H and O–H groups in total. The molecule has 2 aromatic rings. The van der Waals surface area contributed by atoms with Gasteiger partial charge in [-0.05, 0) is 41.8 Å². The molecule has 0 aliphatic rings. The molecule has 3 nitrogen and oxygen atoms in total. The van der Waals surface area contributed by atoms with Gasteiger partial charge in [0, 0.05) is 11.6 Å². The second-order valence-electron chi connectivity index (χ2n) is 4.55. The Balaban J connectivity index is 1.98. The summed E-state index contributed by atoms with van der Waals surface area (Å²) >= 11 is 5.75. The summed E-state index contributed by atoms with van der Waals surface area (Å²) in [6, 6.07) is 13.9. The van der Waals surface area contributed by atoms with Gasteiger partial charge in [0.15, 0.2) is 0 Å². The van der Waals surface area contributed by atoms with Crippen LogP contribution in [0, 0.1) is 0 Å². The molecule has 0 aliphatic carbocycles. The van der Waals surface area contributed by atoms with Crippen LogP contribution < -0.4 is 4.72 Å². The fourth-order valence-corrected chi connectivity index (χ4v) is 3.06.